The molecule has 0 unspecified atom stereocenters. The molecule has 2 N–H and O–H groups in total. The van der Waals surface area contributed by atoms with Gasteiger partial charge in [-0.15, -0.1) is 0 Å². The Morgan fingerprint density at radius 1 is 1.58 bits per heavy atom. The van der Waals surface area contributed by atoms with Crippen LogP contribution in [0.4, 0.5) is 0 Å². The number of nitrogens with zero attached hydrogens (tertiary/aromatic N) is 1. The summed E-state index contributed by atoms with van der Waals surface area (Å²) in [6.07, 6.45) is 0.428. The average molecular weight is 174 g/mol. The Bertz CT molecular complexity index is 128. The van der Waals surface area contributed by atoms with E-state index in [0.717, 1.165) is 6.54 Å². The van der Waals surface area contributed by atoms with E-state index in [4.69, 9.17) is 10.5 Å². The second-order valence-electron chi connectivity index (χ2n) is 2.50. The average Bonchev–Trinajstić information content (AvgIpc) is 2.06. The first-order chi connectivity index (χ1) is 5.76. The third-order valence-electron chi connectivity index (χ3n) is 1.66. The normalized spacial score (nSPS) is 9.92. The predicted molar refractivity (Wildman–Crippen MR) is 47.8 cm³/mol. The van der Waals surface area contributed by atoms with Crippen molar-refractivity contribution in [2.24, 2.45) is 5.73 Å². The van der Waals surface area contributed by atoms with Crippen LogP contribution in [0.1, 0.15) is 13.3 Å². The molecule has 0 fully saturated rings. The van der Waals surface area contributed by atoms with Crippen molar-refractivity contribution in [3.8, 4) is 0 Å². The van der Waals surface area contributed by atoms with Crippen molar-refractivity contribution in [1.82, 2.24) is 4.90 Å². The maximum absolute atomic E-state index is 11.3. The summed E-state index contributed by atoms with van der Waals surface area (Å²) in [4.78, 5) is 13.0. The van der Waals surface area contributed by atoms with E-state index >= 15 is 0 Å². The number of likely N-dealkylation sites (N-methyl/N-ethyl adjacent to an activating group) is 1. The quantitative estimate of drug-likeness (QED) is 0.608. The standard InChI is InChI=1S/C8H18N2O2/c1-3-10(6-7-12-2)8(11)4-5-9/h3-7,9H2,1-2H3. The summed E-state index contributed by atoms with van der Waals surface area (Å²) in [7, 11) is 1.63. The molecular weight excluding hydrogens is 156 g/mol. The lowest BCUT2D eigenvalue weighted by atomic mass is 10.3. The van der Waals surface area contributed by atoms with Gasteiger partial charge < -0.3 is 15.4 Å². The molecule has 4 nitrogen and oxygen atoms in total. The number of rotatable bonds is 6. The Morgan fingerprint density at radius 3 is 2.67 bits per heavy atom. The van der Waals surface area contributed by atoms with Gasteiger partial charge in [-0.25, -0.2) is 0 Å². The van der Waals surface area contributed by atoms with Crippen molar-refractivity contribution >= 4 is 5.91 Å². The molecule has 12 heavy (non-hydrogen) atoms. The van der Waals surface area contributed by atoms with E-state index in [1.165, 1.54) is 0 Å². The SMILES string of the molecule is CCN(CCOC)C(=O)CCN. The van der Waals surface area contributed by atoms with E-state index in [-0.39, 0.29) is 5.91 Å². The largest absolute Gasteiger partial charge is 0.383 e. The molecule has 0 rings (SSSR count). The molecule has 0 saturated heterocycles. The summed E-state index contributed by atoms with van der Waals surface area (Å²) < 4.78 is 4.88. The molecule has 0 aliphatic carbocycles. The van der Waals surface area contributed by atoms with Gasteiger partial charge in [-0.3, -0.25) is 4.79 Å². The number of methoxy groups -OCH3 is 1. The monoisotopic (exact) mass is 174 g/mol. The van der Waals surface area contributed by atoms with Crippen molar-refractivity contribution in [1.29, 1.82) is 0 Å². The lowest BCUT2D eigenvalue weighted by molar-refractivity contribution is -0.131. The van der Waals surface area contributed by atoms with Gasteiger partial charge in [-0.05, 0) is 6.92 Å². The highest BCUT2D eigenvalue weighted by atomic mass is 16.5. The lowest BCUT2D eigenvalue weighted by Gasteiger charge is -2.19. The van der Waals surface area contributed by atoms with Gasteiger partial charge in [0.25, 0.3) is 0 Å². The first-order valence-electron chi connectivity index (χ1n) is 4.23. The molecule has 4 heteroatoms. The molecule has 0 aliphatic heterocycles. The molecule has 0 spiro atoms. The Kier molecular flexibility index (Phi) is 6.70. The van der Waals surface area contributed by atoms with Gasteiger partial charge in [0.2, 0.25) is 5.91 Å². The molecule has 0 aromatic carbocycles. The third-order valence-corrected chi connectivity index (χ3v) is 1.66. The molecule has 0 aromatic heterocycles. The summed E-state index contributed by atoms with van der Waals surface area (Å²) in [5, 5.41) is 0. The van der Waals surface area contributed by atoms with E-state index in [1.807, 2.05) is 6.92 Å². The fraction of sp³-hybridized carbons (Fsp3) is 0.875. The maximum Gasteiger partial charge on any atom is 0.223 e. The fourth-order valence-corrected chi connectivity index (χ4v) is 0.942. The van der Waals surface area contributed by atoms with Crippen LogP contribution in [0, 0.1) is 0 Å². The number of amides is 1. The molecule has 0 saturated carbocycles. The predicted octanol–water partition coefficient (Wildman–Crippen LogP) is -0.170. The molecule has 0 radical (unpaired) electrons. The van der Waals surface area contributed by atoms with Gasteiger partial charge in [-0.1, -0.05) is 0 Å². The Labute approximate surface area is 73.7 Å². The van der Waals surface area contributed by atoms with Crippen molar-refractivity contribution in [2.45, 2.75) is 13.3 Å². The number of hydrogen-bond donors (Lipinski definition) is 1. The van der Waals surface area contributed by atoms with Crippen molar-refractivity contribution in [2.75, 3.05) is 33.4 Å². The molecule has 0 bridgehead atoms. The van der Waals surface area contributed by atoms with Gasteiger partial charge in [0.15, 0.2) is 0 Å². The van der Waals surface area contributed by atoms with Crippen LogP contribution in [-0.4, -0.2) is 44.2 Å². The molecular formula is C8H18N2O2. The van der Waals surface area contributed by atoms with Gasteiger partial charge >= 0.3 is 0 Å². The van der Waals surface area contributed by atoms with Crippen LogP contribution in [0.5, 0.6) is 0 Å². The molecule has 0 aromatic rings. The fourth-order valence-electron chi connectivity index (χ4n) is 0.942. The minimum Gasteiger partial charge on any atom is -0.383 e. The van der Waals surface area contributed by atoms with Gasteiger partial charge in [0, 0.05) is 33.2 Å². The summed E-state index contributed by atoms with van der Waals surface area (Å²) in [6.45, 7) is 4.34. The highest BCUT2D eigenvalue weighted by Crippen LogP contribution is 1.92. The van der Waals surface area contributed by atoms with Gasteiger partial charge in [0.05, 0.1) is 6.61 Å². The van der Waals surface area contributed by atoms with Crippen LogP contribution in [-0.2, 0) is 9.53 Å². The summed E-state index contributed by atoms with van der Waals surface area (Å²) in [6, 6.07) is 0. The lowest BCUT2D eigenvalue weighted by Crippen LogP contribution is -2.34. The number of carbonyl (C=O) groups excluding carboxylic acids is 1. The Morgan fingerprint density at radius 2 is 2.25 bits per heavy atom. The molecule has 0 heterocycles. The summed E-state index contributed by atoms with van der Waals surface area (Å²) in [5.41, 5.74) is 5.27. The maximum atomic E-state index is 11.3. The first-order valence-corrected chi connectivity index (χ1v) is 4.23. The zero-order valence-electron chi connectivity index (χ0n) is 7.88. The van der Waals surface area contributed by atoms with Crippen LogP contribution >= 0.6 is 0 Å². The topological polar surface area (TPSA) is 55.6 Å². The molecule has 72 valence electrons. The number of ether oxygens (including phenoxy) is 1. The first kappa shape index (κ1) is 11.4. The van der Waals surface area contributed by atoms with Crippen molar-refractivity contribution in [3.63, 3.8) is 0 Å². The second-order valence-corrected chi connectivity index (χ2v) is 2.50. The number of nitrogens with two attached hydrogens (primary N) is 1. The highest BCUT2D eigenvalue weighted by molar-refractivity contribution is 5.76. The van der Waals surface area contributed by atoms with E-state index in [1.54, 1.807) is 12.0 Å². The molecule has 1 amide bonds. The third kappa shape index (κ3) is 4.31. The highest BCUT2D eigenvalue weighted by Gasteiger charge is 2.08. The van der Waals surface area contributed by atoms with Crippen LogP contribution in [0.25, 0.3) is 0 Å². The second kappa shape index (κ2) is 7.06. The minimum absolute atomic E-state index is 0.108. The smallest absolute Gasteiger partial charge is 0.223 e. The van der Waals surface area contributed by atoms with E-state index in [2.05, 4.69) is 0 Å². The van der Waals surface area contributed by atoms with Gasteiger partial charge in [0.1, 0.15) is 0 Å². The van der Waals surface area contributed by atoms with Gasteiger partial charge in [-0.2, -0.15) is 0 Å². The van der Waals surface area contributed by atoms with Crippen LogP contribution in [0.3, 0.4) is 0 Å². The number of carbonyl (C=O) groups is 1. The van der Waals surface area contributed by atoms with Crippen molar-refractivity contribution < 1.29 is 9.53 Å². The van der Waals surface area contributed by atoms with E-state index in [9.17, 15) is 4.79 Å². The Hall–Kier alpha value is -0.610. The molecule has 0 aliphatic rings. The zero-order chi connectivity index (χ0) is 9.40. The van der Waals surface area contributed by atoms with E-state index < -0.39 is 0 Å². The number of hydrogen-bond acceptors (Lipinski definition) is 3. The summed E-state index contributed by atoms with van der Waals surface area (Å²) >= 11 is 0. The van der Waals surface area contributed by atoms with Crippen LogP contribution in [0.15, 0.2) is 0 Å². The molecule has 0 atom stereocenters. The zero-order valence-corrected chi connectivity index (χ0v) is 7.88. The van der Waals surface area contributed by atoms with Crippen LogP contribution in [0.2, 0.25) is 0 Å². The Balaban J connectivity index is 3.71. The van der Waals surface area contributed by atoms with E-state index in [0.29, 0.717) is 26.1 Å². The summed E-state index contributed by atoms with van der Waals surface area (Å²) in [5.74, 6) is 0.108. The van der Waals surface area contributed by atoms with Crippen LogP contribution < -0.4 is 5.73 Å². The van der Waals surface area contributed by atoms with Crippen molar-refractivity contribution in [3.05, 3.63) is 0 Å². The minimum atomic E-state index is 0.108.